The third-order valence-corrected chi connectivity index (χ3v) is 9.52. The summed E-state index contributed by atoms with van der Waals surface area (Å²) in [5.74, 6) is -0.600. The number of nitrogens with zero attached hydrogens (tertiary/aromatic N) is 2. The third kappa shape index (κ3) is 9.17. The van der Waals surface area contributed by atoms with Crippen molar-refractivity contribution in [3.63, 3.8) is 0 Å². The summed E-state index contributed by atoms with van der Waals surface area (Å²) >= 11 is 0. The van der Waals surface area contributed by atoms with E-state index in [-0.39, 0.29) is 25.4 Å². The van der Waals surface area contributed by atoms with E-state index in [1.54, 1.807) is 6.20 Å². The Morgan fingerprint density at radius 3 is 2.30 bits per heavy atom. The van der Waals surface area contributed by atoms with E-state index in [0.717, 1.165) is 22.4 Å². The van der Waals surface area contributed by atoms with E-state index >= 15 is 0 Å². The Balaban J connectivity index is 1.45. The number of hydrogen-bond donors (Lipinski definition) is 4. The van der Waals surface area contributed by atoms with Crippen LogP contribution in [0.1, 0.15) is 44.7 Å². The van der Waals surface area contributed by atoms with Crippen LogP contribution in [0.15, 0.2) is 79.0 Å². The number of aromatic nitrogens is 1. The first-order chi connectivity index (χ1) is 23.9. The number of aliphatic hydroxyl groups excluding tert-OH is 1. The van der Waals surface area contributed by atoms with Crippen LogP contribution in [0, 0.1) is 11.3 Å². The molecule has 0 unspecified atom stereocenters. The summed E-state index contributed by atoms with van der Waals surface area (Å²) in [6.45, 7) is 6.13. The average molecular weight is 689 g/mol. The molecule has 0 radical (unpaired) electrons. The van der Waals surface area contributed by atoms with Crippen LogP contribution in [0.25, 0.3) is 11.3 Å². The second kappa shape index (κ2) is 16.5. The fourth-order valence-corrected chi connectivity index (χ4v) is 6.94. The van der Waals surface area contributed by atoms with Gasteiger partial charge in [0, 0.05) is 23.7 Å². The lowest BCUT2D eigenvalue weighted by Crippen LogP contribution is -2.58. The van der Waals surface area contributed by atoms with Crippen LogP contribution in [0.5, 0.6) is 0 Å². The number of carbonyl (C=O) groups is 3. The van der Waals surface area contributed by atoms with E-state index in [1.807, 2.05) is 93.6 Å². The first kappa shape index (κ1) is 36.8. The molecule has 2 saturated heterocycles. The second-order valence-corrected chi connectivity index (χ2v) is 14.1. The summed E-state index contributed by atoms with van der Waals surface area (Å²) < 4.78 is 16.3. The minimum Gasteiger partial charge on any atom is -0.465 e. The number of ether oxygens (including phenoxy) is 3. The highest BCUT2D eigenvalue weighted by Gasteiger charge is 2.49. The maximum Gasteiger partial charge on any atom is 0.407 e. The molecule has 12 nitrogen and oxygen atoms in total. The predicted octanol–water partition coefficient (Wildman–Crippen LogP) is 4.65. The number of carbonyl (C=O) groups excluding carboxylic acids is 2. The van der Waals surface area contributed by atoms with Crippen molar-refractivity contribution in [3.05, 3.63) is 90.1 Å². The standard InChI is InChI=1S/C38H48N4O8/c1-38(2,3)33(41-36(45)48-4)34(44)40-27(20-25-13-15-26(16-14-25)29-12-8-9-18-39-29)22-32(43)30(21-24-10-6-5-7-11-24)42(37(46)47)31-23-50-35-28(31)17-19-49-35/h5-16,18,27-28,30-33,35,43H,17,19-23H2,1-4H3,(H,40,44)(H,41,45)(H,46,47)/t27-,28+,30-,31-,32-,33+,35-/m0/s1. The number of alkyl carbamates (subject to hydrolysis) is 1. The van der Waals surface area contributed by atoms with Crippen molar-refractivity contribution in [1.82, 2.24) is 20.5 Å². The van der Waals surface area contributed by atoms with E-state index in [9.17, 15) is 24.6 Å². The van der Waals surface area contributed by atoms with E-state index in [4.69, 9.17) is 14.2 Å². The number of hydrogen-bond acceptors (Lipinski definition) is 8. The number of fused-ring (bicyclic) bond motifs is 1. The Hall–Kier alpha value is -4.52. The molecule has 2 aliphatic heterocycles. The molecule has 0 saturated carbocycles. The van der Waals surface area contributed by atoms with E-state index in [2.05, 4.69) is 15.6 Å². The normalized spacial score (nSPS) is 20.9. The summed E-state index contributed by atoms with van der Waals surface area (Å²) in [5, 5.41) is 28.5. The summed E-state index contributed by atoms with van der Waals surface area (Å²) in [7, 11) is 1.23. The maximum atomic E-state index is 13.9. The van der Waals surface area contributed by atoms with Gasteiger partial charge in [-0.3, -0.25) is 14.7 Å². The molecule has 0 aliphatic carbocycles. The van der Waals surface area contributed by atoms with Gasteiger partial charge in [0.2, 0.25) is 5.91 Å². The number of rotatable bonds is 13. The molecule has 2 fully saturated rings. The Morgan fingerprint density at radius 2 is 1.66 bits per heavy atom. The summed E-state index contributed by atoms with van der Waals surface area (Å²) in [6.07, 6.45) is -0.575. The highest BCUT2D eigenvalue weighted by Crippen LogP contribution is 2.36. The first-order valence-corrected chi connectivity index (χ1v) is 17.1. The number of nitrogens with one attached hydrogen (secondary N) is 2. The van der Waals surface area contributed by atoms with Gasteiger partial charge in [-0.05, 0) is 54.4 Å². The molecule has 1 aromatic heterocycles. The Bertz CT molecular complexity index is 1570. The molecule has 2 aliphatic rings. The Kier molecular flexibility index (Phi) is 12.1. The van der Waals surface area contributed by atoms with Gasteiger partial charge in [0.1, 0.15) is 6.04 Å². The lowest BCUT2D eigenvalue weighted by molar-refractivity contribution is -0.126. The summed E-state index contributed by atoms with van der Waals surface area (Å²) in [5.41, 5.74) is 2.83. The molecule has 4 N–H and O–H groups in total. The molecule has 2 aromatic carbocycles. The monoisotopic (exact) mass is 688 g/mol. The largest absolute Gasteiger partial charge is 0.465 e. The van der Waals surface area contributed by atoms with Crippen LogP contribution in [0.3, 0.4) is 0 Å². The number of methoxy groups -OCH3 is 1. The predicted molar refractivity (Wildman–Crippen MR) is 186 cm³/mol. The molecule has 268 valence electrons. The zero-order chi connectivity index (χ0) is 35.8. The number of carboxylic acid groups (broad SMARTS) is 1. The fraction of sp³-hybridized carbons (Fsp3) is 0.474. The second-order valence-electron chi connectivity index (χ2n) is 14.1. The van der Waals surface area contributed by atoms with Gasteiger partial charge < -0.3 is 35.1 Å². The van der Waals surface area contributed by atoms with Crippen molar-refractivity contribution in [2.75, 3.05) is 20.3 Å². The zero-order valence-corrected chi connectivity index (χ0v) is 29.0. The maximum absolute atomic E-state index is 13.9. The van der Waals surface area contributed by atoms with Gasteiger partial charge in [0.25, 0.3) is 0 Å². The SMILES string of the molecule is COC(=O)N[C@H](C(=O)N[C@@H](Cc1ccc(-c2ccccn2)cc1)C[C@H](O)[C@H](Cc1ccccc1)N(C(=O)O)[C@H]1CO[C@@H]2OCC[C@@H]21)C(C)(C)C. The van der Waals surface area contributed by atoms with Gasteiger partial charge in [-0.2, -0.15) is 0 Å². The van der Waals surface area contributed by atoms with Crippen LogP contribution < -0.4 is 10.6 Å². The van der Waals surface area contributed by atoms with E-state index in [1.165, 1.54) is 12.0 Å². The van der Waals surface area contributed by atoms with Crippen molar-refractivity contribution in [1.29, 1.82) is 0 Å². The average Bonchev–Trinajstić information content (AvgIpc) is 3.72. The molecule has 3 aromatic rings. The topological polar surface area (TPSA) is 160 Å². The fourth-order valence-electron chi connectivity index (χ4n) is 6.94. The zero-order valence-electron chi connectivity index (χ0n) is 29.0. The molecule has 0 spiro atoms. The number of amides is 3. The quantitative estimate of drug-likeness (QED) is 0.201. The van der Waals surface area contributed by atoms with Crippen LogP contribution in [-0.4, -0.2) is 95.1 Å². The molecule has 0 bridgehead atoms. The minimum absolute atomic E-state index is 0.0300. The molecular weight excluding hydrogens is 640 g/mol. The van der Waals surface area contributed by atoms with Gasteiger partial charge in [-0.25, -0.2) is 9.59 Å². The first-order valence-electron chi connectivity index (χ1n) is 17.1. The minimum atomic E-state index is -1.19. The van der Waals surface area contributed by atoms with E-state index in [0.29, 0.717) is 19.4 Å². The third-order valence-electron chi connectivity index (χ3n) is 9.52. The lowest BCUT2D eigenvalue weighted by Gasteiger charge is -2.39. The van der Waals surface area contributed by atoms with Crippen molar-refractivity contribution in [2.24, 2.45) is 11.3 Å². The molecule has 3 amide bonds. The molecular formula is C38H48N4O8. The smallest absolute Gasteiger partial charge is 0.407 e. The summed E-state index contributed by atoms with van der Waals surface area (Å²) in [6, 6.07) is 20.0. The Morgan fingerprint density at radius 1 is 0.960 bits per heavy atom. The number of benzene rings is 2. The van der Waals surface area contributed by atoms with Gasteiger partial charge in [0.05, 0.1) is 44.2 Å². The molecule has 50 heavy (non-hydrogen) atoms. The molecule has 12 heteroatoms. The van der Waals surface area contributed by atoms with Crippen LogP contribution in [0.2, 0.25) is 0 Å². The van der Waals surface area contributed by atoms with Gasteiger partial charge >= 0.3 is 12.2 Å². The van der Waals surface area contributed by atoms with Crippen LogP contribution >= 0.6 is 0 Å². The molecule has 5 rings (SSSR count). The number of aliphatic hydroxyl groups is 1. The highest BCUT2D eigenvalue weighted by molar-refractivity contribution is 5.86. The molecule has 3 heterocycles. The van der Waals surface area contributed by atoms with Gasteiger partial charge in [-0.15, -0.1) is 0 Å². The Labute approximate surface area is 293 Å². The molecule has 7 atom stereocenters. The summed E-state index contributed by atoms with van der Waals surface area (Å²) in [4.78, 5) is 44.9. The van der Waals surface area contributed by atoms with Crippen LogP contribution in [0.4, 0.5) is 9.59 Å². The number of pyridine rings is 1. The van der Waals surface area contributed by atoms with Gasteiger partial charge in [0.15, 0.2) is 6.29 Å². The van der Waals surface area contributed by atoms with Crippen molar-refractivity contribution >= 4 is 18.1 Å². The lowest BCUT2D eigenvalue weighted by atomic mass is 9.85. The van der Waals surface area contributed by atoms with E-state index < -0.39 is 60.1 Å². The van der Waals surface area contributed by atoms with Crippen molar-refractivity contribution in [2.45, 2.75) is 83.0 Å². The van der Waals surface area contributed by atoms with Crippen LogP contribution in [-0.2, 0) is 31.8 Å². The van der Waals surface area contributed by atoms with Crippen molar-refractivity contribution in [3.8, 4) is 11.3 Å². The van der Waals surface area contributed by atoms with Crippen molar-refractivity contribution < 1.29 is 38.8 Å². The van der Waals surface area contributed by atoms with Gasteiger partial charge in [-0.1, -0.05) is 81.4 Å². The highest BCUT2D eigenvalue weighted by atomic mass is 16.7.